The van der Waals surface area contributed by atoms with E-state index in [0.29, 0.717) is 44.4 Å². The number of thioether (sulfide) groups is 1. The average Bonchev–Trinajstić information content (AvgIpc) is 3.32. The molecule has 9 heteroatoms. The Labute approximate surface area is 211 Å². The average molecular weight is 506 g/mol. The summed E-state index contributed by atoms with van der Waals surface area (Å²) in [5, 5.41) is 3.72. The number of carbonyl (C=O) groups excluding carboxylic acids is 1. The summed E-state index contributed by atoms with van der Waals surface area (Å²) in [7, 11) is 0. The minimum Gasteiger partial charge on any atom is -0.454 e. The second kappa shape index (κ2) is 10.0. The first-order valence-electron chi connectivity index (χ1n) is 11.5. The lowest BCUT2D eigenvalue weighted by Gasteiger charge is -2.14. The van der Waals surface area contributed by atoms with Crippen molar-refractivity contribution in [1.29, 1.82) is 0 Å². The Kier molecular flexibility index (Phi) is 6.65. The molecule has 1 amide bonds. The fourth-order valence-corrected chi connectivity index (χ4v) is 4.87. The van der Waals surface area contributed by atoms with E-state index in [-0.39, 0.29) is 36.7 Å². The molecule has 1 aromatic heterocycles. The van der Waals surface area contributed by atoms with Crippen LogP contribution in [0, 0.1) is 5.82 Å². The van der Waals surface area contributed by atoms with Crippen LogP contribution in [0.1, 0.15) is 35.3 Å². The van der Waals surface area contributed by atoms with E-state index in [1.807, 2.05) is 26.0 Å². The van der Waals surface area contributed by atoms with Crippen LogP contribution in [0.2, 0.25) is 0 Å². The molecule has 4 aromatic rings. The number of fused-ring (bicyclic) bond motifs is 2. The molecular weight excluding hydrogens is 481 g/mol. The minimum absolute atomic E-state index is 0.0318. The molecule has 184 valence electrons. The van der Waals surface area contributed by atoms with Gasteiger partial charge in [-0.25, -0.2) is 9.37 Å². The van der Waals surface area contributed by atoms with Gasteiger partial charge >= 0.3 is 0 Å². The zero-order chi connectivity index (χ0) is 25.2. The molecule has 1 aliphatic rings. The van der Waals surface area contributed by atoms with Crippen LogP contribution in [0.15, 0.2) is 70.6 Å². The predicted octanol–water partition coefficient (Wildman–Crippen LogP) is 4.74. The molecule has 36 heavy (non-hydrogen) atoms. The highest BCUT2D eigenvalue weighted by molar-refractivity contribution is 7.98. The van der Waals surface area contributed by atoms with Crippen LogP contribution in [-0.2, 0) is 12.3 Å². The zero-order valence-corrected chi connectivity index (χ0v) is 20.6. The Hall–Kier alpha value is -3.85. The lowest BCUT2D eigenvalue weighted by molar-refractivity contribution is 0.0943. The number of aromatic nitrogens is 2. The van der Waals surface area contributed by atoms with Gasteiger partial charge in [0.2, 0.25) is 6.79 Å². The molecule has 3 aromatic carbocycles. The fourth-order valence-electron chi connectivity index (χ4n) is 3.89. The molecule has 2 heterocycles. The molecule has 0 bridgehead atoms. The quantitative estimate of drug-likeness (QED) is 0.289. The van der Waals surface area contributed by atoms with Crippen LogP contribution in [0.5, 0.6) is 11.5 Å². The first-order chi connectivity index (χ1) is 17.4. The predicted molar refractivity (Wildman–Crippen MR) is 136 cm³/mol. The summed E-state index contributed by atoms with van der Waals surface area (Å²) >= 11 is 1.29. The van der Waals surface area contributed by atoms with Crippen LogP contribution < -0.4 is 20.3 Å². The highest BCUT2D eigenvalue weighted by Crippen LogP contribution is 2.35. The topological polar surface area (TPSA) is 82.5 Å². The van der Waals surface area contributed by atoms with Gasteiger partial charge in [0.15, 0.2) is 16.7 Å². The largest absolute Gasteiger partial charge is 0.454 e. The minimum atomic E-state index is -0.307. The number of hydrogen-bond acceptors (Lipinski definition) is 6. The Morgan fingerprint density at radius 2 is 1.83 bits per heavy atom. The summed E-state index contributed by atoms with van der Waals surface area (Å²) in [6.07, 6.45) is 0. The van der Waals surface area contributed by atoms with Crippen molar-refractivity contribution in [1.82, 2.24) is 14.9 Å². The Morgan fingerprint density at radius 3 is 2.56 bits per heavy atom. The Morgan fingerprint density at radius 1 is 1.11 bits per heavy atom. The summed E-state index contributed by atoms with van der Waals surface area (Å²) in [5.41, 5.74) is 2.13. The van der Waals surface area contributed by atoms with E-state index in [0.717, 1.165) is 5.56 Å². The summed E-state index contributed by atoms with van der Waals surface area (Å²) in [4.78, 5) is 30.6. The van der Waals surface area contributed by atoms with Crippen LogP contribution in [0.25, 0.3) is 10.9 Å². The van der Waals surface area contributed by atoms with Crippen molar-refractivity contribution < 1.29 is 18.7 Å². The number of nitrogens with one attached hydrogen (secondary N) is 1. The van der Waals surface area contributed by atoms with Gasteiger partial charge in [-0.2, -0.15) is 0 Å². The molecule has 0 spiro atoms. The Bertz CT molecular complexity index is 1500. The number of rotatable bonds is 7. The number of carbonyl (C=O) groups is 1. The van der Waals surface area contributed by atoms with Gasteiger partial charge in [-0.15, -0.1) is 0 Å². The Balaban J connectivity index is 1.51. The van der Waals surface area contributed by atoms with Gasteiger partial charge in [0.25, 0.3) is 11.5 Å². The molecule has 0 aliphatic carbocycles. The second-order valence-corrected chi connectivity index (χ2v) is 9.66. The van der Waals surface area contributed by atoms with Gasteiger partial charge in [-0.1, -0.05) is 42.1 Å². The van der Waals surface area contributed by atoms with E-state index >= 15 is 0 Å². The number of halogens is 1. The third-order valence-electron chi connectivity index (χ3n) is 5.70. The first-order valence-corrected chi connectivity index (χ1v) is 12.5. The molecule has 1 N–H and O–H groups in total. The van der Waals surface area contributed by atoms with E-state index in [1.54, 1.807) is 47.0 Å². The standard InChI is InChI=1S/C27H24FN3O4S/c1-16(2)29-25(32)18-9-7-17(8-10-18)13-31-26(33)20-11-23-24(35-15-34-23)12-22(20)30-27(31)36-14-19-5-3-4-6-21(19)28/h3-12,16H,13-15H2,1-2H3,(H,29,32). The van der Waals surface area contributed by atoms with E-state index in [4.69, 9.17) is 14.5 Å². The smallest absolute Gasteiger partial charge is 0.262 e. The highest BCUT2D eigenvalue weighted by Gasteiger charge is 2.20. The van der Waals surface area contributed by atoms with Crippen molar-refractivity contribution in [3.8, 4) is 11.5 Å². The van der Waals surface area contributed by atoms with Crippen LogP contribution >= 0.6 is 11.8 Å². The van der Waals surface area contributed by atoms with Crippen molar-refractivity contribution >= 4 is 28.6 Å². The molecule has 0 atom stereocenters. The maximum absolute atomic E-state index is 14.2. The molecule has 0 unspecified atom stereocenters. The van der Waals surface area contributed by atoms with Gasteiger partial charge < -0.3 is 14.8 Å². The number of benzene rings is 3. The molecule has 5 rings (SSSR count). The van der Waals surface area contributed by atoms with E-state index in [9.17, 15) is 14.0 Å². The van der Waals surface area contributed by atoms with Gasteiger partial charge in [0.1, 0.15) is 5.82 Å². The molecule has 1 aliphatic heterocycles. The van der Waals surface area contributed by atoms with Crippen molar-refractivity contribution in [3.63, 3.8) is 0 Å². The maximum atomic E-state index is 14.2. The first kappa shape index (κ1) is 23.9. The van der Waals surface area contributed by atoms with Crippen LogP contribution in [0.4, 0.5) is 4.39 Å². The van der Waals surface area contributed by atoms with Gasteiger partial charge in [0, 0.05) is 23.4 Å². The van der Waals surface area contributed by atoms with Crippen molar-refractivity contribution in [2.75, 3.05) is 6.79 Å². The normalized spacial score (nSPS) is 12.3. The van der Waals surface area contributed by atoms with E-state index in [2.05, 4.69) is 5.32 Å². The summed E-state index contributed by atoms with van der Waals surface area (Å²) < 4.78 is 26.7. The zero-order valence-electron chi connectivity index (χ0n) is 19.8. The van der Waals surface area contributed by atoms with Gasteiger partial charge in [-0.3, -0.25) is 14.2 Å². The third kappa shape index (κ3) is 4.92. The monoisotopic (exact) mass is 505 g/mol. The molecular formula is C27H24FN3O4S. The maximum Gasteiger partial charge on any atom is 0.262 e. The fraction of sp³-hybridized carbons (Fsp3) is 0.222. The number of amides is 1. The highest BCUT2D eigenvalue weighted by atomic mass is 32.2. The molecule has 0 saturated heterocycles. The third-order valence-corrected chi connectivity index (χ3v) is 6.73. The van der Waals surface area contributed by atoms with Crippen molar-refractivity contribution in [2.24, 2.45) is 0 Å². The van der Waals surface area contributed by atoms with Crippen molar-refractivity contribution in [2.45, 2.75) is 37.3 Å². The van der Waals surface area contributed by atoms with Crippen LogP contribution in [-0.4, -0.2) is 28.3 Å². The molecule has 7 nitrogen and oxygen atoms in total. The molecule has 0 fully saturated rings. The summed E-state index contributed by atoms with van der Waals surface area (Å²) in [6, 6.07) is 17.0. The van der Waals surface area contributed by atoms with Crippen LogP contribution in [0.3, 0.4) is 0 Å². The number of nitrogens with zero attached hydrogens (tertiary/aromatic N) is 2. The second-order valence-electron chi connectivity index (χ2n) is 8.71. The number of hydrogen-bond donors (Lipinski definition) is 1. The van der Waals surface area contributed by atoms with E-state index in [1.165, 1.54) is 17.8 Å². The lowest BCUT2D eigenvalue weighted by Crippen LogP contribution is -2.30. The summed E-state index contributed by atoms with van der Waals surface area (Å²) in [6.45, 7) is 4.13. The van der Waals surface area contributed by atoms with Gasteiger partial charge in [-0.05, 0) is 49.2 Å². The van der Waals surface area contributed by atoms with E-state index < -0.39 is 0 Å². The van der Waals surface area contributed by atoms with Crippen molar-refractivity contribution in [3.05, 3.63) is 93.5 Å². The number of ether oxygens (including phenoxy) is 2. The lowest BCUT2D eigenvalue weighted by atomic mass is 10.1. The SMILES string of the molecule is CC(C)NC(=O)c1ccc(Cn2c(SCc3ccccc3F)nc3cc4c(cc3c2=O)OCO4)cc1. The molecule has 0 radical (unpaired) electrons. The summed E-state index contributed by atoms with van der Waals surface area (Å²) in [5.74, 6) is 0.882. The molecule has 0 saturated carbocycles. The van der Waals surface area contributed by atoms with Gasteiger partial charge in [0.05, 0.1) is 17.4 Å².